The molecule has 1 saturated carbocycles. The van der Waals surface area contributed by atoms with E-state index < -0.39 is 0 Å². The monoisotopic (exact) mass is 327 g/mol. The predicted octanol–water partition coefficient (Wildman–Crippen LogP) is 3.29. The zero-order valence-electron chi connectivity index (χ0n) is 12.8. The first-order chi connectivity index (χ1) is 11.1. The first kappa shape index (κ1) is 14.4. The largest absolute Gasteiger partial charge is 0.326 e. The molecule has 0 spiro atoms. The Kier molecular flexibility index (Phi) is 3.41. The van der Waals surface area contributed by atoms with E-state index in [-0.39, 0.29) is 17.7 Å². The topological polar surface area (TPSA) is 71.1 Å². The van der Waals surface area contributed by atoms with Gasteiger partial charge in [0.05, 0.1) is 5.69 Å². The first-order valence-corrected chi connectivity index (χ1v) is 8.67. The quantitative estimate of drug-likeness (QED) is 0.909. The Morgan fingerprint density at radius 3 is 3.00 bits per heavy atom. The molecule has 1 aliphatic carbocycles. The van der Waals surface area contributed by atoms with Crippen molar-refractivity contribution in [1.82, 2.24) is 4.98 Å². The maximum Gasteiger partial charge on any atom is 0.229 e. The molecule has 6 heteroatoms. The number of rotatable bonds is 3. The highest BCUT2D eigenvalue weighted by Crippen LogP contribution is 2.39. The highest BCUT2D eigenvalue weighted by molar-refractivity contribution is 7.14. The number of carbonyl (C=O) groups is 2. The summed E-state index contributed by atoms with van der Waals surface area (Å²) >= 11 is 1.44. The third-order valence-electron chi connectivity index (χ3n) is 4.48. The van der Waals surface area contributed by atoms with Crippen molar-refractivity contribution in [3.63, 3.8) is 0 Å². The van der Waals surface area contributed by atoms with Gasteiger partial charge in [0.2, 0.25) is 11.8 Å². The Morgan fingerprint density at radius 2 is 2.22 bits per heavy atom. The standard InChI is InChI=1S/C17H17N3O2S/c1-9-6-12(9)16(22)20-17-19-14(8-23-17)11-2-4-13-10(7-11)3-5-15(21)18-13/h2,4,7-9,12H,3,5-6H2,1H3,(H,18,21)(H,19,20,22)/t9-,12-/m1/s1. The lowest BCUT2D eigenvalue weighted by Crippen LogP contribution is -2.18. The van der Waals surface area contributed by atoms with Crippen LogP contribution >= 0.6 is 11.3 Å². The SMILES string of the molecule is C[C@@H]1C[C@H]1C(=O)Nc1nc(-c2ccc3c(c2)CCC(=O)N3)cs1. The van der Waals surface area contributed by atoms with Crippen LogP contribution in [0.2, 0.25) is 0 Å². The number of hydrogen-bond donors (Lipinski definition) is 2. The number of aryl methyl sites for hydroxylation is 1. The van der Waals surface area contributed by atoms with Crippen molar-refractivity contribution in [2.45, 2.75) is 26.2 Å². The van der Waals surface area contributed by atoms with Crippen molar-refractivity contribution >= 4 is 34.0 Å². The van der Waals surface area contributed by atoms with Gasteiger partial charge >= 0.3 is 0 Å². The van der Waals surface area contributed by atoms with Gasteiger partial charge in [-0.3, -0.25) is 9.59 Å². The molecule has 0 bridgehead atoms. The molecule has 2 aliphatic rings. The summed E-state index contributed by atoms with van der Waals surface area (Å²) in [4.78, 5) is 27.9. The number of aromatic nitrogens is 1. The summed E-state index contributed by atoms with van der Waals surface area (Å²) in [7, 11) is 0. The van der Waals surface area contributed by atoms with Crippen LogP contribution in [-0.2, 0) is 16.0 Å². The average Bonchev–Trinajstić information content (AvgIpc) is 3.09. The van der Waals surface area contributed by atoms with E-state index in [1.807, 2.05) is 17.5 Å². The van der Waals surface area contributed by atoms with E-state index in [4.69, 9.17) is 0 Å². The predicted molar refractivity (Wildman–Crippen MR) is 90.4 cm³/mol. The second-order valence-electron chi connectivity index (χ2n) is 6.27. The fourth-order valence-corrected chi connectivity index (χ4v) is 3.61. The minimum absolute atomic E-state index is 0.0678. The fourth-order valence-electron chi connectivity index (χ4n) is 2.89. The van der Waals surface area contributed by atoms with E-state index in [1.165, 1.54) is 11.3 Å². The summed E-state index contributed by atoms with van der Waals surface area (Å²) in [5.74, 6) is 0.782. The summed E-state index contributed by atoms with van der Waals surface area (Å²) in [6, 6.07) is 5.94. The Bertz CT molecular complexity index is 799. The molecule has 5 nitrogen and oxygen atoms in total. The number of carbonyl (C=O) groups excluding carboxylic acids is 2. The maximum atomic E-state index is 12.0. The zero-order chi connectivity index (χ0) is 16.0. The maximum absolute atomic E-state index is 12.0. The van der Waals surface area contributed by atoms with E-state index in [2.05, 4.69) is 28.6 Å². The van der Waals surface area contributed by atoms with Gasteiger partial charge in [-0.15, -0.1) is 11.3 Å². The van der Waals surface area contributed by atoms with E-state index in [9.17, 15) is 9.59 Å². The van der Waals surface area contributed by atoms with Crippen LogP contribution < -0.4 is 10.6 Å². The Labute approximate surface area is 138 Å². The van der Waals surface area contributed by atoms with Crippen molar-refractivity contribution in [3.05, 3.63) is 29.1 Å². The van der Waals surface area contributed by atoms with Gasteiger partial charge in [0.1, 0.15) is 0 Å². The van der Waals surface area contributed by atoms with Gasteiger partial charge in [-0.05, 0) is 36.5 Å². The molecule has 2 amide bonds. The third kappa shape index (κ3) is 2.86. The first-order valence-electron chi connectivity index (χ1n) is 7.79. The zero-order valence-corrected chi connectivity index (χ0v) is 13.6. The summed E-state index contributed by atoms with van der Waals surface area (Å²) < 4.78 is 0. The van der Waals surface area contributed by atoms with Crippen LogP contribution in [0.1, 0.15) is 25.3 Å². The average molecular weight is 327 g/mol. The lowest BCUT2D eigenvalue weighted by molar-refractivity contribution is -0.118. The Balaban J connectivity index is 1.52. The minimum Gasteiger partial charge on any atom is -0.326 e. The van der Waals surface area contributed by atoms with Crippen LogP contribution in [0.4, 0.5) is 10.8 Å². The van der Waals surface area contributed by atoms with E-state index in [1.54, 1.807) is 0 Å². The third-order valence-corrected chi connectivity index (χ3v) is 5.23. The van der Waals surface area contributed by atoms with Crippen LogP contribution in [-0.4, -0.2) is 16.8 Å². The van der Waals surface area contributed by atoms with Gasteiger partial charge in [0.25, 0.3) is 0 Å². The number of thiazole rings is 1. The van der Waals surface area contributed by atoms with Crippen molar-refractivity contribution in [1.29, 1.82) is 0 Å². The number of fused-ring (bicyclic) bond motifs is 1. The molecule has 2 N–H and O–H groups in total. The Morgan fingerprint density at radius 1 is 1.39 bits per heavy atom. The number of amides is 2. The summed E-state index contributed by atoms with van der Waals surface area (Å²) in [5.41, 5.74) is 3.88. The number of nitrogens with zero attached hydrogens (tertiary/aromatic N) is 1. The van der Waals surface area contributed by atoms with Crippen LogP contribution in [0, 0.1) is 11.8 Å². The van der Waals surface area contributed by atoms with E-state index >= 15 is 0 Å². The molecule has 1 fully saturated rings. The van der Waals surface area contributed by atoms with Gasteiger partial charge < -0.3 is 10.6 Å². The molecule has 2 aromatic rings. The van der Waals surface area contributed by atoms with Gasteiger partial charge in [-0.1, -0.05) is 13.0 Å². The molecular weight excluding hydrogens is 310 g/mol. The second kappa shape index (κ2) is 5.45. The number of anilines is 2. The lowest BCUT2D eigenvalue weighted by atomic mass is 9.99. The van der Waals surface area contributed by atoms with Crippen molar-refractivity contribution in [3.8, 4) is 11.3 Å². The molecule has 118 valence electrons. The van der Waals surface area contributed by atoms with E-state index in [0.29, 0.717) is 17.5 Å². The molecule has 0 radical (unpaired) electrons. The van der Waals surface area contributed by atoms with Gasteiger partial charge in [-0.2, -0.15) is 0 Å². The highest BCUT2D eigenvalue weighted by atomic mass is 32.1. The minimum atomic E-state index is 0.0678. The van der Waals surface area contributed by atoms with Crippen LogP contribution in [0.3, 0.4) is 0 Å². The molecule has 1 aromatic heterocycles. The fraction of sp³-hybridized carbons (Fsp3) is 0.353. The molecule has 2 atom stereocenters. The summed E-state index contributed by atoms with van der Waals surface area (Å²) in [6.07, 6.45) is 2.25. The molecule has 4 rings (SSSR count). The van der Waals surface area contributed by atoms with Crippen molar-refractivity contribution in [2.75, 3.05) is 10.6 Å². The molecule has 0 unspecified atom stereocenters. The molecule has 23 heavy (non-hydrogen) atoms. The van der Waals surface area contributed by atoms with Crippen LogP contribution in [0.15, 0.2) is 23.6 Å². The number of benzene rings is 1. The smallest absolute Gasteiger partial charge is 0.229 e. The van der Waals surface area contributed by atoms with E-state index in [0.717, 1.165) is 35.3 Å². The number of nitrogens with one attached hydrogen (secondary N) is 2. The lowest BCUT2D eigenvalue weighted by Gasteiger charge is -2.17. The molecular formula is C17H17N3O2S. The molecule has 1 aliphatic heterocycles. The van der Waals surface area contributed by atoms with Crippen molar-refractivity contribution in [2.24, 2.45) is 11.8 Å². The van der Waals surface area contributed by atoms with Crippen molar-refractivity contribution < 1.29 is 9.59 Å². The second-order valence-corrected chi connectivity index (χ2v) is 7.12. The highest BCUT2D eigenvalue weighted by Gasteiger charge is 2.39. The van der Waals surface area contributed by atoms with Gasteiger partial charge in [0.15, 0.2) is 5.13 Å². The summed E-state index contributed by atoms with van der Waals surface area (Å²) in [6.45, 7) is 2.09. The van der Waals surface area contributed by atoms with Crippen LogP contribution in [0.5, 0.6) is 0 Å². The number of hydrogen-bond acceptors (Lipinski definition) is 4. The normalized spacial score (nSPS) is 22.2. The molecule has 0 saturated heterocycles. The Hall–Kier alpha value is -2.21. The van der Waals surface area contributed by atoms with Gasteiger partial charge in [0, 0.05) is 29.0 Å². The van der Waals surface area contributed by atoms with Crippen LogP contribution in [0.25, 0.3) is 11.3 Å². The summed E-state index contributed by atoms with van der Waals surface area (Å²) in [5, 5.41) is 8.39. The van der Waals surface area contributed by atoms with Gasteiger partial charge in [-0.25, -0.2) is 4.98 Å². The molecule has 1 aromatic carbocycles. The molecule has 2 heterocycles.